The Morgan fingerprint density at radius 2 is 1.79 bits per heavy atom. The highest BCUT2D eigenvalue weighted by molar-refractivity contribution is 5.98. The van der Waals surface area contributed by atoms with E-state index in [1.54, 1.807) is 7.11 Å². The van der Waals surface area contributed by atoms with Gasteiger partial charge in [0.2, 0.25) is 0 Å². The molecule has 1 saturated heterocycles. The maximum atomic E-state index is 13.3. The van der Waals surface area contributed by atoms with Gasteiger partial charge in [0.25, 0.3) is 5.91 Å². The van der Waals surface area contributed by atoms with Crippen molar-refractivity contribution in [3.63, 3.8) is 0 Å². The fourth-order valence-corrected chi connectivity index (χ4v) is 4.67. The molecule has 5 rings (SSSR count). The van der Waals surface area contributed by atoms with Crippen LogP contribution in [0.2, 0.25) is 0 Å². The van der Waals surface area contributed by atoms with Gasteiger partial charge < -0.3 is 14.5 Å². The van der Waals surface area contributed by atoms with Crippen LogP contribution in [0.3, 0.4) is 0 Å². The van der Waals surface area contributed by atoms with Gasteiger partial charge in [0.15, 0.2) is 0 Å². The largest absolute Gasteiger partial charge is 0.497 e. The molecule has 0 N–H and O–H groups in total. The van der Waals surface area contributed by atoms with Crippen LogP contribution >= 0.6 is 0 Å². The maximum Gasteiger partial charge on any atom is 0.254 e. The number of methoxy groups -OCH3 is 1. The van der Waals surface area contributed by atoms with E-state index in [0.717, 1.165) is 35.3 Å². The van der Waals surface area contributed by atoms with Crippen LogP contribution in [-0.2, 0) is 6.54 Å². The van der Waals surface area contributed by atoms with E-state index >= 15 is 0 Å². The number of piperazine rings is 1. The summed E-state index contributed by atoms with van der Waals surface area (Å²) in [5.41, 5.74) is 6.58. The van der Waals surface area contributed by atoms with Crippen LogP contribution in [0.25, 0.3) is 10.9 Å². The Hall–Kier alpha value is -3.80. The van der Waals surface area contributed by atoms with Gasteiger partial charge in [-0.1, -0.05) is 30.3 Å². The number of carbonyl (C=O) groups is 1. The Kier molecular flexibility index (Phi) is 5.97. The van der Waals surface area contributed by atoms with Crippen molar-refractivity contribution in [2.24, 2.45) is 0 Å². The zero-order chi connectivity index (χ0) is 23.7. The van der Waals surface area contributed by atoms with Gasteiger partial charge in [-0.3, -0.25) is 9.48 Å². The van der Waals surface area contributed by atoms with Crippen LogP contribution < -0.4 is 9.64 Å². The third kappa shape index (κ3) is 4.36. The second kappa shape index (κ2) is 9.21. The lowest BCUT2D eigenvalue weighted by Gasteiger charge is -2.37. The molecule has 4 aromatic rings. The molecule has 0 bridgehead atoms. The molecule has 174 valence electrons. The predicted octanol–water partition coefficient (Wildman–Crippen LogP) is 4.67. The molecule has 0 aliphatic carbocycles. The van der Waals surface area contributed by atoms with Crippen molar-refractivity contribution in [1.82, 2.24) is 14.7 Å². The second-order valence-corrected chi connectivity index (χ2v) is 9.00. The van der Waals surface area contributed by atoms with Crippen molar-refractivity contribution in [1.29, 1.82) is 0 Å². The number of hydrogen-bond donors (Lipinski definition) is 0. The average Bonchev–Trinajstić information content (AvgIpc) is 3.27. The van der Waals surface area contributed by atoms with E-state index in [1.165, 1.54) is 16.8 Å². The summed E-state index contributed by atoms with van der Waals surface area (Å²) in [6.45, 7) is 8.00. The van der Waals surface area contributed by atoms with E-state index in [1.807, 2.05) is 52.2 Å². The van der Waals surface area contributed by atoms with Crippen molar-refractivity contribution in [3.05, 3.63) is 89.1 Å². The number of aromatic nitrogens is 2. The quantitative estimate of drug-likeness (QED) is 0.440. The summed E-state index contributed by atoms with van der Waals surface area (Å²) < 4.78 is 7.29. The monoisotopic (exact) mass is 454 g/mol. The SMILES string of the molecule is COc1cccc(Cn2ncc3ccc(C(=O)N4CCN(c5cc(C)ccc5C)CC4)cc32)c1. The number of aryl methyl sites for hydroxylation is 2. The normalized spacial score (nSPS) is 14.0. The van der Waals surface area contributed by atoms with Crippen LogP contribution in [-0.4, -0.2) is 53.9 Å². The summed E-state index contributed by atoms with van der Waals surface area (Å²) in [6.07, 6.45) is 1.85. The Morgan fingerprint density at radius 3 is 2.59 bits per heavy atom. The predicted molar refractivity (Wildman–Crippen MR) is 136 cm³/mol. The average molecular weight is 455 g/mol. The summed E-state index contributed by atoms with van der Waals surface area (Å²) in [4.78, 5) is 17.7. The van der Waals surface area contributed by atoms with E-state index < -0.39 is 0 Å². The Bertz CT molecular complexity index is 1340. The summed E-state index contributed by atoms with van der Waals surface area (Å²) >= 11 is 0. The smallest absolute Gasteiger partial charge is 0.254 e. The molecule has 0 radical (unpaired) electrons. The Labute approximate surface area is 200 Å². The van der Waals surface area contributed by atoms with Gasteiger partial charge in [-0.25, -0.2) is 0 Å². The molecule has 0 atom stereocenters. The number of nitrogens with zero attached hydrogens (tertiary/aromatic N) is 4. The summed E-state index contributed by atoms with van der Waals surface area (Å²) in [5.74, 6) is 0.904. The molecule has 6 nitrogen and oxygen atoms in total. The van der Waals surface area contributed by atoms with Gasteiger partial charge >= 0.3 is 0 Å². The molecule has 1 aliphatic rings. The number of rotatable bonds is 5. The van der Waals surface area contributed by atoms with E-state index in [-0.39, 0.29) is 5.91 Å². The van der Waals surface area contributed by atoms with Crippen LogP contribution in [0.1, 0.15) is 27.0 Å². The highest BCUT2D eigenvalue weighted by Gasteiger charge is 2.23. The first kappa shape index (κ1) is 22.0. The molecule has 34 heavy (non-hydrogen) atoms. The van der Waals surface area contributed by atoms with Crippen molar-refractivity contribution < 1.29 is 9.53 Å². The molecule has 3 aromatic carbocycles. The summed E-state index contributed by atoms with van der Waals surface area (Å²) in [6, 6.07) is 20.4. The zero-order valence-electron chi connectivity index (χ0n) is 20.0. The molecule has 1 amide bonds. The van der Waals surface area contributed by atoms with Crippen molar-refractivity contribution in [2.45, 2.75) is 20.4 Å². The van der Waals surface area contributed by atoms with Gasteiger partial charge in [0.1, 0.15) is 5.75 Å². The Balaban J connectivity index is 1.32. The maximum absolute atomic E-state index is 13.3. The van der Waals surface area contributed by atoms with E-state index in [0.29, 0.717) is 25.2 Å². The molecule has 1 aromatic heterocycles. The van der Waals surface area contributed by atoms with Crippen molar-refractivity contribution in [3.8, 4) is 5.75 Å². The lowest BCUT2D eigenvalue weighted by molar-refractivity contribution is 0.0747. The minimum absolute atomic E-state index is 0.0802. The van der Waals surface area contributed by atoms with Gasteiger partial charge in [-0.2, -0.15) is 5.10 Å². The Morgan fingerprint density at radius 1 is 0.971 bits per heavy atom. The number of anilines is 1. The number of benzene rings is 3. The first-order valence-corrected chi connectivity index (χ1v) is 11.7. The summed E-state index contributed by atoms with van der Waals surface area (Å²) in [5, 5.41) is 5.59. The van der Waals surface area contributed by atoms with Crippen LogP contribution in [0.4, 0.5) is 5.69 Å². The number of hydrogen-bond acceptors (Lipinski definition) is 4. The fourth-order valence-electron chi connectivity index (χ4n) is 4.67. The first-order valence-electron chi connectivity index (χ1n) is 11.7. The second-order valence-electron chi connectivity index (χ2n) is 9.00. The fraction of sp³-hybridized carbons (Fsp3) is 0.286. The van der Waals surface area contributed by atoms with E-state index in [4.69, 9.17) is 4.74 Å². The van der Waals surface area contributed by atoms with Gasteiger partial charge in [0.05, 0.1) is 25.4 Å². The topological polar surface area (TPSA) is 50.6 Å². The van der Waals surface area contributed by atoms with Gasteiger partial charge in [-0.15, -0.1) is 0 Å². The molecule has 0 unspecified atom stereocenters. The van der Waals surface area contributed by atoms with Gasteiger partial charge in [-0.05, 0) is 60.9 Å². The molecular formula is C28H30N4O2. The standard InChI is InChI=1S/C28H30N4O2/c1-20-7-8-21(2)26(15-20)30-11-13-31(14-12-30)28(33)23-9-10-24-18-29-32(27(24)17-23)19-22-5-4-6-25(16-22)34-3/h4-10,15-18H,11-14,19H2,1-3H3. The lowest BCUT2D eigenvalue weighted by atomic mass is 10.1. The molecule has 6 heteroatoms. The van der Waals surface area contributed by atoms with Gasteiger partial charge in [0, 0.05) is 42.8 Å². The minimum atomic E-state index is 0.0802. The number of fused-ring (bicyclic) bond motifs is 1. The lowest BCUT2D eigenvalue weighted by Crippen LogP contribution is -2.49. The van der Waals surface area contributed by atoms with E-state index in [2.05, 4.69) is 48.1 Å². The molecule has 1 aliphatic heterocycles. The highest BCUT2D eigenvalue weighted by atomic mass is 16.5. The number of amides is 1. The van der Waals surface area contributed by atoms with Crippen LogP contribution in [0, 0.1) is 13.8 Å². The van der Waals surface area contributed by atoms with Crippen LogP contribution in [0.5, 0.6) is 5.75 Å². The molecular weight excluding hydrogens is 424 g/mol. The van der Waals surface area contributed by atoms with Crippen LogP contribution in [0.15, 0.2) is 66.9 Å². The minimum Gasteiger partial charge on any atom is -0.497 e. The molecule has 2 heterocycles. The highest BCUT2D eigenvalue weighted by Crippen LogP contribution is 2.24. The third-order valence-corrected chi connectivity index (χ3v) is 6.63. The molecule has 0 saturated carbocycles. The van der Waals surface area contributed by atoms with E-state index in [9.17, 15) is 4.79 Å². The zero-order valence-corrected chi connectivity index (χ0v) is 20.0. The molecule has 1 fully saturated rings. The number of ether oxygens (including phenoxy) is 1. The van der Waals surface area contributed by atoms with Crippen molar-refractivity contribution >= 4 is 22.5 Å². The molecule has 0 spiro atoms. The number of carbonyl (C=O) groups excluding carboxylic acids is 1. The first-order chi connectivity index (χ1) is 16.5. The summed E-state index contributed by atoms with van der Waals surface area (Å²) in [7, 11) is 1.67. The third-order valence-electron chi connectivity index (χ3n) is 6.63. The van der Waals surface area contributed by atoms with Crippen molar-refractivity contribution in [2.75, 3.05) is 38.2 Å².